The van der Waals surface area contributed by atoms with Gasteiger partial charge in [0.05, 0.1) is 0 Å². The van der Waals surface area contributed by atoms with E-state index in [0.29, 0.717) is 5.92 Å². The molecule has 0 saturated heterocycles. The summed E-state index contributed by atoms with van der Waals surface area (Å²) in [7, 11) is 4.38. The topological polar surface area (TPSA) is 60.2 Å². The molecule has 6 heteroatoms. The zero-order chi connectivity index (χ0) is 23.1. The minimum atomic E-state index is -0.0698. The minimum Gasteiger partial charge on any atom is -0.361 e. The predicted octanol–water partition coefficient (Wildman–Crippen LogP) is 5.70. The molecule has 0 radical (unpaired) electrons. The highest BCUT2D eigenvalue weighted by Gasteiger charge is 2.38. The number of carbonyl (C=O) groups excluding carboxylic acids is 1. The number of aryl methyl sites for hydroxylation is 1. The van der Waals surface area contributed by atoms with Crippen LogP contribution in [0.25, 0.3) is 10.9 Å². The average molecular weight is 465 g/mol. The summed E-state index contributed by atoms with van der Waals surface area (Å²) in [6.45, 7) is 0.750. The number of H-pyrrole nitrogens is 1. The number of urea groups is 1. The van der Waals surface area contributed by atoms with E-state index in [0.717, 1.165) is 50.8 Å². The summed E-state index contributed by atoms with van der Waals surface area (Å²) < 4.78 is 2.95. The summed E-state index contributed by atoms with van der Waals surface area (Å²) in [5.74, 6) is 1.44. The lowest BCUT2D eigenvalue weighted by atomic mass is 9.72. The number of aromatic nitrogens is 1. The Morgan fingerprint density at radius 3 is 2.58 bits per heavy atom. The standard InChI is InChI=1S/C27H36N4OS/c1-31(2)27(23-10-4-3-5-11-23)16-14-21(15-17-27)19-29-26(32)30-33-18-8-9-22-20-28-25-13-7-6-12-24(22)25/h3-7,10-13,20-21,28H,8-9,14-19H2,1-2H3,(H2,29,30,32). The van der Waals surface area contributed by atoms with E-state index in [1.807, 2.05) is 0 Å². The first-order valence-electron chi connectivity index (χ1n) is 12.0. The normalized spacial score (nSPS) is 20.8. The Bertz CT molecular complexity index is 1020. The van der Waals surface area contributed by atoms with Crippen molar-refractivity contribution in [3.8, 4) is 0 Å². The van der Waals surface area contributed by atoms with Crippen molar-refractivity contribution in [2.45, 2.75) is 44.1 Å². The van der Waals surface area contributed by atoms with E-state index in [4.69, 9.17) is 0 Å². The maximum Gasteiger partial charge on any atom is 0.324 e. The van der Waals surface area contributed by atoms with Gasteiger partial charge in [-0.3, -0.25) is 9.62 Å². The molecule has 1 aromatic heterocycles. The second-order valence-electron chi connectivity index (χ2n) is 9.36. The van der Waals surface area contributed by atoms with Crippen LogP contribution in [-0.2, 0) is 12.0 Å². The van der Waals surface area contributed by atoms with E-state index >= 15 is 0 Å². The third-order valence-corrected chi connectivity index (χ3v) is 8.01. The minimum absolute atomic E-state index is 0.0698. The van der Waals surface area contributed by atoms with Gasteiger partial charge >= 0.3 is 6.03 Å². The Morgan fingerprint density at radius 1 is 1.09 bits per heavy atom. The smallest absolute Gasteiger partial charge is 0.324 e. The van der Waals surface area contributed by atoms with Crippen LogP contribution in [0.2, 0.25) is 0 Å². The lowest BCUT2D eigenvalue weighted by Gasteiger charge is -2.45. The van der Waals surface area contributed by atoms with Crippen LogP contribution < -0.4 is 10.0 Å². The molecule has 0 atom stereocenters. The zero-order valence-electron chi connectivity index (χ0n) is 19.8. The Labute approximate surface area is 201 Å². The Morgan fingerprint density at radius 2 is 1.82 bits per heavy atom. The molecule has 1 aliphatic rings. The van der Waals surface area contributed by atoms with Crippen LogP contribution in [0.3, 0.4) is 0 Å². The molecule has 176 valence electrons. The van der Waals surface area contributed by atoms with Crippen LogP contribution in [0.1, 0.15) is 43.2 Å². The lowest BCUT2D eigenvalue weighted by molar-refractivity contribution is 0.0776. The average Bonchev–Trinajstić information content (AvgIpc) is 3.26. The van der Waals surface area contributed by atoms with Crippen LogP contribution in [-0.4, -0.2) is 42.3 Å². The molecular weight excluding hydrogens is 428 g/mol. The van der Waals surface area contributed by atoms with Crippen LogP contribution in [0.4, 0.5) is 4.79 Å². The molecule has 0 bridgehead atoms. The molecule has 1 heterocycles. The van der Waals surface area contributed by atoms with Crippen LogP contribution in [0.15, 0.2) is 60.8 Å². The predicted molar refractivity (Wildman–Crippen MR) is 139 cm³/mol. The van der Waals surface area contributed by atoms with Crippen molar-refractivity contribution in [2.75, 3.05) is 26.4 Å². The van der Waals surface area contributed by atoms with Crippen molar-refractivity contribution >= 4 is 28.9 Å². The van der Waals surface area contributed by atoms with E-state index in [9.17, 15) is 4.79 Å². The third kappa shape index (κ3) is 5.74. The van der Waals surface area contributed by atoms with Gasteiger partial charge < -0.3 is 10.3 Å². The summed E-state index contributed by atoms with van der Waals surface area (Å²) in [5.41, 5.74) is 4.05. The maximum atomic E-state index is 12.3. The van der Waals surface area contributed by atoms with Crippen molar-refractivity contribution in [1.82, 2.24) is 19.9 Å². The number of aromatic amines is 1. The van der Waals surface area contributed by atoms with Crippen molar-refractivity contribution < 1.29 is 4.79 Å². The van der Waals surface area contributed by atoms with Gasteiger partial charge in [0.25, 0.3) is 0 Å². The molecule has 4 rings (SSSR count). The van der Waals surface area contributed by atoms with Crippen molar-refractivity contribution in [3.63, 3.8) is 0 Å². The van der Waals surface area contributed by atoms with E-state index in [1.54, 1.807) is 0 Å². The van der Waals surface area contributed by atoms with Gasteiger partial charge in [-0.15, -0.1) is 0 Å². The number of amides is 2. The van der Waals surface area contributed by atoms with Gasteiger partial charge in [-0.05, 0) is 87.7 Å². The van der Waals surface area contributed by atoms with Crippen molar-refractivity contribution in [2.24, 2.45) is 5.92 Å². The summed E-state index contributed by atoms with van der Waals surface area (Å²) in [6, 6.07) is 19.2. The Hall–Kier alpha value is -2.44. The Balaban J connectivity index is 1.14. The number of nitrogens with zero attached hydrogens (tertiary/aromatic N) is 1. The highest BCUT2D eigenvalue weighted by Crippen LogP contribution is 2.42. The summed E-state index contributed by atoms with van der Waals surface area (Å²) in [4.78, 5) is 18.0. The van der Waals surface area contributed by atoms with Crippen LogP contribution in [0.5, 0.6) is 0 Å². The fourth-order valence-corrected chi connectivity index (χ4v) is 5.76. The molecule has 0 spiro atoms. The van der Waals surface area contributed by atoms with Gasteiger partial charge in [-0.1, -0.05) is 48.5 Å². The van der Waals surface area contributed by atoms with Gasteiger partial charge in [0.15, 0.2) is 0 Å². The second kappa shape index (κ2) is 11.1. The molecule has 33 heavy (non-hydrogen) atoms. The molecule has 5 nitrogen and oxygen atoms in total. The maximum absolute atomic E-state index is 12.3. The van der Waals surface area contributed by atoms with Gasteiger partial charge in [0.2, 0.25) is 0 Å². The second-order valence-corrected chi connectivity index (χ2v) is 10.3. The highest BCUT2D eigenvalue weighted by atomic mass is 32.2. The van der Waals surface area contributed by atoms with E-state index in [1.165, 1.54) is 34.0 Å². The molecule has 1 fully saturated rings. The number of para-hydroxylation sites is 1. The van der Waals surface area contributed by atoms with Gasteiger partial charge in [-0.2, -0.15) is 0 Å². The number of carbonyl (C=O) groups is 1. The highest BCUT2D eigenvalue weighted by molar-refractivity contribution is 7.97. The first-order chi connectivity index (χ1) is 16.1. The molecule has 3 N–H and O–H groups in total. The van der Waals surface area contributed by atoms with Gasteiger partial charge in [-0.25, -0.2) is 4.79 Å². The number of fused-ring (bicyclic) bond motifs is 1. The van der Waals surface area contributed by atoms with Crippen LogP contribution >= 0.6 is 11.9 Å². The van der Waals surface area contributed by atoms with Crippen molar-refractivity contribution in [1.29, 1.82) is 0 Å². The first kappa shape index (κ1) is 23.7. The largest absolute Gasteiger partial charge is 0.361 e. The van der Waals surface area contributed by atoms with E-state index in [-0.39, 0.29) is 11.6 Å². The molecule has 1 aliphatic carbocycles. The third-order valence-electron chi connectivity index (χ3n) is 7.18. The molecular formula is C27H36N4OS. The Kier molecular flexibility index (Phi) is 7.99. The van der Waals surface area contributed by atoms with Crippen LogP contribution in [0, 0.1) is 5.92 Å². The number of benzene rings is 2. The fourth-order valence-electron chi connectivity index (χ4n) is 5.16. The molecule has 1 saturated carbocycles. The number of hydrogen-bond donors (Lipinski definition) is 3. The molecule has 2 aromatic carbocycles. The summed E-state index contributed by atoms with van der Waals surface area (Å²) in [6.07, 6.45) is 8.65. The first-order valence-corrected chi connectivity index (χ1v) is 13.0. The van der Waals surface area contributed by atoms with E-state index in [2.05, 4.69) is 94.8 Å². The quantitative estimate of drug-likeness (QED) is 0.281. The fraction of sp³-hybridized carbons (Fsp3) is 0.444. The number of hydrogen-bond acceptors (Lipinski definition) is 3. The number of nitrogens with one attached hydrogen (secondary N) is 3. The van der Waals surface area contributed by atoms with E-state index < -0.39 is 0 Å². The lowest BCUT2D eigenvalue weighted by Crippen LogP contribution is -2.46. The molecule has 3 aromatic rings. The van der Waals surface area contributed by atoms with Crippen molar-refractivity contribution in [3.05, 3.63) is 71.9 Å². The number of rotatable bonds is 9. The SMILES string of the molecule is CN(C)C1(c2ccccc2)CCC(CNC(=O)NSCCCc2c[nH]c3ccccc23)CC1. The zero-order valence-corrected chi connectivity index (χ0v) is 20.6. The summed E-state index contributed by atoms with van der Waals surface area (Å²) >= 11 is 1.50. The summed E-state index contributed by atoms with van der Waals surface area (Å²) in [5, 5.41) is 4.39. The molecule has 0 unspecified atom stereocenters. The van der Waals surface area contributed by atoms with Gasteiger partial charge in [0, 0.05) is 34.9 Å². The molecule has 2 amide bonds. The monoisotopic (exact) mass is 464 g/mol. The van der Waals surface area contributed by atoms with Gasteiger partial charge in [0.1, 0.15) is 0 Å². The molecule has 0 aliphatic heterocycles.